The Morgan fingerprint density at radius 1 is 1.04 bits per heavy atom. The van der Waals surface area contributed by atoms with Crippen molar-refractivity contribution < 1.29 is 32.3 Å². The van der Waals surface area contributed by atoms with Gasteiger partial charge in [0.25, 0.3) is 5.91 Å². The van der Waals surface area contributed by atoms with Crippen LogP contribution >= 0.6 is 0 Å². The van der Waals surface area contributed by atoms with Crippen molar-refractivity contribution >= 4 is 45.4 Å². The molecule has 4 rings (SSSR count). The molecule has 0 radical (unpaired) electrons. The average Bonchev–Trinajstić information content (AvgIpc) is 3.39. The molecule has 14 heteroatoms. The summed E-state index contributed by atoms with van der Waals surface area (Å²) in [6.45, 7) is 5.53. The molecule has 0 spiro atoms. The molecule has 1 saturated heterocycles. The zero-order valence-corrected chi connectivity index (χ0v) is 27.5. The average molecular weight is 647 g/mol. The smallest absolute Gasteiger partial charge is 0.408 e. The van der Waals surface area contributed by atoms with Gasteiger partial charge in [-0.05, 0) is 83.6 Å². The van der Waals surface area contributed by atoms with E-state index < -0.39 is 57.3 Å². The van der Waals surface area contributed by atoms with Gasteiger partial charge < -0.3 is 25.2 Å². The molecule has 2 heterocycles. The van der Waals surface area contributed by atoms with Crippen LogP contribution in [0.15, 0.2) is 36.4 Å². The van der Waals surface area contributed by atoms with Crippen LogP contribution in [0.5, 0.6) is 0 Å². The van der Waals surface area contributed by atoms with E-state index in [0.29, 0.717) is 38.6 Å². The quantitative estimate of drug-likeness (QED) is 0.343. The highest BCUT2D eigenvalue weighted by Crippen LogP contribution is 2.45. The number of hydrogen-bond acceptors (Lipinski definition) is 8. The molecule has 2 aliphatic heterocycles. The van der Waals surface area contributed by atoms with Crippen molar-refractivity contribution in [3.05, 3.63) is 36.4 Å². The Hall–Kier alpha value is -3.81. The Bertz CT molecular complexity index is 1410. The highest BCUT2D eigenvalue weighted by molar-refractivity contribution is 7.91. The molecule has 1 aromatic rings. The van der Waals surface area contributed by atoms with Crippen molar-refractivity contribution in [2.45, 2.75) is 95.4 Å². The second kappa shape index (κ2) is 13.7. The van der Waals surface area contributed by atoms with E-state index in [0.717, 1.165) is 18.5 Å². The predicted molar refractivity (Wildman–Crippen MR) is 171 cm³/mol. The van der Waals surface area contributed by atoms with E-state index in [1.54, 1.807) is 45.0 Å². The lowest BCUT2D eigenvalue weighted by Crippen LogP contribution is -2.58. The first-order valence-electron chi connectivity index (χ1n) is 15.5. The van der Waals surface area contributed by atoms with E-state index in [-0.39, 0.29) is 18.0 Å². The normalized spacial score (nSPS) is 26.6. The SMILES string of the molecule is CN(C)c1ccc(NS(=O)(=O)NC(=O)[C@@]23C[C@H]2/C=C\CCCCC[C@H](NC(=O)OC(C)(C)C)C(=O)N2CCC[C@H]2C(=O)N3)cc1. The highest BCUT2D eigenvalue weighted by Gasteiger charge is 2.61. The summed E-state index contributed by atoms with van der Waals surface area (Å²) in [5.74, 6) is -2.19. The van der Waals surface area contributed by atoms with Gasteiger partial charge in [-0.25, -0.2) is 9.52 Å². The molecule has 248 valence electrons. The molecule has 0 bridgehead atoms. The Morgan fingerprint density at radius 3 is 2.42 bits per heavy atom. The van der Waals surface area contributed by atoms with Gasteiger partial charge in [0.1, 0.15) is 23.2 Å². The fourth-order valence-corrected chi connectivity index (χ4v) is 6.69. The third kappa shape index (κ3) is 8.89. The third-order valence-electron chi connectivity index (χ3n) is 8.19. The summed E-state index contributed by atoms with van der Waals surface area (Å²) in [7, 11) is -0.600. The number of carbonyl (C=O) groups is 4. The van der Waals surface area contributed by atoms with Gasteiger partial charge in [0, 0.05) is 32.2 Å². The number of carbonyl (C=O) groups excluding carboxylic acids is 4. The van der Waals surface area contributed by atoms with E-state index >= 15 is 0 Å². The predicted octanol–water partition coefficient (Wildman–Crippen LogP) is 2.81. The summed E-state index contributed by atoms with van der Waals surface area (Å²) in [5, 5.41) is 5.52. The van der Waals surface area contributed by atoms with Gasteiger partial charge in [-0.1, -0.05) is 25.0 Å². The number of nitrogens with one attached hydrogen (secondary N) is 4. The summed E-state index contributed by atoms with van der Waals surface area (Å²) in [4.78, 5) is 56.9. The summed E-state index contributed by atoms with van der Waals surface area (Å²) in [6, 6.07) is 4.91. The van der Waals surface area contributed by atoms with Gasteiger partial charge in [-0.3, -0.25) is 19.1 Å². The van der Waals surface area contributed by atoms with E-state index in [4.69, 9.17) is 4.74 Å². The minimum Gasteiger partial charge on any atom is -0.444 e. The van der Waals surface area contributed by atoms with Crippen LogP contribution in [0.25, 0.3) is 0 Å². The minimum absolute atomic E-state index is 0.220. The first-order chi connectivity index (χ1) is 21.1. The molecular formula is C31H46N6O7S. The zero-order valence-electron chi connectivity index (χ0n) is 26.7. The lowest BCUT2D eigenvalue weighted by Gasteiger charge is -2.30. The van der Waals surface area contributed by atoms with Crippen LogP contribution < -0.4 is 25.0 Å². The third-order valence-corrected chi connectivity index (χ3v) is 9.15. The maximum Gasteiger partial charge on any atom is 0.408 e. The molecule has 4 N–H and O–H groups in total. The zero-order chi connectivity index (χ0) is 33.0. The summed E-state index contributed by atoms with van der Waals surface area (Å²) < 4.78 is 35.8. The molecule has 4 amide bonds. The number of ether oxygens (including phenoxy) is 1. The van der Waals surface area contributed by atoms with Crippen LogP contribution in [-0.4, -0.2) is 81.0 Å². The largest absolute Gasteiger partial charge is 0.444 e. The first kappa shape index (κ1) is 34.1. The number of rotatable bonds is 6. The van der Waals surface area contributed by atoms with Crippen molar-refractivity contribution in [1.29, 1.82) is 0 Å². The van der Waals surface area contributed by atoms with E-state index in [1.807, 2.05) is 31.1 Å². The van der Waals surface area contributed by atoms with Gasteiger partial charge >= 0.3 is 16.3 Å². The van der Waals surface area contributed by atoms with Gasteiger partial charge in [-0.15, -0.1) is 0 Å². The summed E-state index contributed by atoms with van der Waals surface area (Å²) in [5.41, 5.74) is -1.09. The highest BCUT2D eigenvalue weighted by atomic mass is 32.2. The summed E-state index contributed by atoms with van der Waals surface area (Å²) >= 11 is 0. The molecular weight excluding hydrogens is 600 g/mol. The molecule has 0 aromatic heterocycles. The van der Waals surface area contributed by atoms with E-state index in [2.05, 4.69) is 20.1 Å². The molecule has 3 aliphatic rings. The first-order valence-corrected chi connectivity index (χ1v) is 17.0. The number of nitrogens with zero attached hydrogens (tertiary/aromatic N) is 2. The molecule has 1 aliphatic carbocycles. The number of anilines is 2. The molecule has 45 heavy (non-hydrogen) atoms. The van der Waals surface area contributed by atoms with Crippen LogP contribution in [-0.2, 0) is 29.3 Å². The molecule has 2 fully saturated rings. The standard InChI is InChI=1S/C31H46N6O7S/c1-30(2,3)44-29(41)32-24-13-10-8-6-7-9-12-21-20-31(21,33-26(38)25-14-11-19-37(25)27(24)39)28(40)35-45(42,43)34-22-15-17-23(18-16-22)36(4)5/h9,12,15-18,21,24-25,34H,6-8,10-11,13-14,19-20H2,1-5H3,(H,32,41)(H,33,38)(H,35,40)/b12-9-/t21-,24+,25+,31-/m1/s1. The Morgan fingerprint density at radius 2 is 1.76 bits per heavy atom. The van der Waals surface area contributed by atoms with Crippen LogP contribution in [0, 0.1) is 5.92 Å². The fourth-order valence-electron chi connectivity index (χ4n) is 5.76. The Kier molecular flexibility index (Phi) is 10.4. The fraction of sp³-hybridized carbons (Fsp3) is 0.613. The number of benzene rings is 1. The maximum atomic E-state index is 13.7. The van der Waals surface area contributed by atoms with Crippen LogP contribution in [0.1, 0.15) is 72.1 Å². The molecule has 1 saturated carbocycles. The Labute approximate surface area is 265 Å². The maximum absolute atomic E-state index is 13.7. The van der Waals surface area contributed by atoms with E-state index in [9.17, 15) is 27.6 Å². The number of alkyl carbamates (subject to hydrolysis) is 1. The van der Waals surface area contributed by atoms with Crippen molar-refractivity contribution in [3.8, 4) is 0 Å². The lowest BCUT2D eigenvalue weighted by atomic mass is 10.0. The van der Waals surface area contributed by atoms with Gasteiger partial charge in [-0.2, -0.15) is 8.42 Å². The lowest BCUT2D eigenvalue weighted by molar-refractivity contribution is -0.141. The molecule has 0 unspecified atom stereocenters. The van der Waals surface area contributed by atoms with Crippen LogP contribution in [0.4, 0.5) is 16.2 Å². The minimum atomic E-state index is -4.32. The van der Waals surface area contributed by atoms with Gasteiger partial charge in [0.2, 0.25) is 11.8 Å². The Balaban J connectivity index is 1.52. The number of hydrogen-bond donors (Lipinski definition) is 4. The van der Waals surface area contributed by atoms with Gasteiger partial charge in [0.15, 0.2) is 0 Å². The van der Waals surface area contributed by atoms with Crippen molar-refractivity contribution in [2.24, 2.45) is 5.92 Å². The topological polar surface area (TPSA) is 166 Å². The van der Waals surface area contributed by atoms with Crippen LogP contribution in [0.2, 0.25) is 0 Å². The molecule has 13 nitrogen and oxygen atoms in total. The van der Waals surface area contributed by atoms with Crippen molar-refractivity contribution in [3.63, 3.8) is 0 Å². The molecule has 1 aromatic carbocycles. The molecule has 4 atom stereocenters. The number of amides is 4. The summed E-state index contributed by atoms with van der Waals surface area (Å²) in [6.07, 6.45) is 7.65. The second-order valence-corrected chi connectivity index (χ2v) is 14.6. The van der Waals surface area contributed by atoms with Crippen molar-refractivity contribution in [2.75, 3.05) is 30.3 Å². The number of allylic oxidation sites excluding steroid dienone is 1. The second-order valence-electron chi connectivity index (χ2n) is 13.2. The van der Waals surface area contributed by atoms with Gasteiger partial charge in [0.05, 0.1) is 5.69 Å². The van der Waals surface area contributed by atoms with Crippen molar-refractivity contribution in [1.82, 2.24) is 20.3 Å². The van der Waals surface area contributed by atoms with E-state index in [1.165, 1.54) is 4.90 Å². The monoisotopic (exact) mass is 646 g/mol. The van der Waals surface area contributed by atoms with Crippen LogP contribution in [0.3, 0.4) is 0 Å². The number of fused-ring (bicyclic) bond motifs is 2.